The smallest absolute Gasteiger partial charge is 0.0644 e. The Morgan fingerprint density at radius 1 is 1.14 bits per heavy atom. The van der Waals surface area contributed by atoms with Crippen molar-refractivity contribution in [3.63, 3.8) is 0 Å². The predicted molar refractivity (Wildman–Crippen MR) is 61.5 cm³/mol. The Labute approximate surface area is 88.6 Å². The highest BCUT2D eigenvalue weighted by molar-refractivity contribution is 4.75. The van der Waals surface area contributed by atoms with Gasteiger partial charge in [-0.05, 0) is 53.8 Å². The van der Waals surface area contributed by atoms with Crippen molar-refractivity contribution < 1.29 is 4.74 Å². The SMILES string of the molecule is CN(C)C(C)(C)COCCCCCN. The predicted octanol–water partition coefficient (Wildman–Crippen LogP) is 1.47. The fraction of sp³-hybridized carbons (Fsp3) is 1.00. The molecular weight excluding hydrogens is 176 g/mol. The van der Waals surface area contributed by atoms with Crippen molar-refractivity contribution in [2.24, 2.45) is 5.73 Å². The molecule has 0 aliphatic heterocycles. The van der Waals surface area contributed by atoms with Crippen LogP contribution in [0.25, 0.3) is 0 Å². The molecule has 0 aromatic carbocycles. The Bertz CT molecular complexity index is 135. The Morgan fingerprint density at radius 3 is 2.29 bits per heavy atom. The summed E-state index contributed by atoms with van der Waals surface area (Å²) in [5.74, 6) is 0. The van der Waals surface area contributed by atoms with Gasteiger partial charge in [0.15, 0.2) is 0 Å². The van der Waals surface area contributed by atoms with Crippen LogP contribution in [0.2, 0.25) is 0 Å². The van der Waals surface area contributed by atoms with E-state index in [1.807, 2.05) is 0 Å². The topological polar surface area (TPSA) is 38.5 Å². The van der Waals surface area contributed by atoms with E-state index >= 15 is 0 Å². The van der Waals surface area contributed by atoms with Gasteiger partial charge in [-0.2, -0.15) is 0 Å². The van der Waals surface area contributed by atoms with Crippen LogP contribution in [0.3, 0.4) is 0 Å². The molecule has 0 atom stereocenters. The lowest BCUT2D eigenvalue weighted by Gasteiger charge is -2.32. The second-order valence-electron chi connectivity index (χ2n) is 4.61. The average molecular weight is 202 g/mol. The quantitative estimate of drug-likeness (QED) is 0.606. The van der Waals surface area contributed by atoms with Gasteiger partial charge < -0.3 is 15.4 Å². The molecule has 0 saturated carbocycles. The van der Waals surface area contributed by atoms with Crippen LogP contribution in [-0.4, -0.2) is 44.3 Å². The van der Waals surface area contributed by atoms with E-state index in [1.165, 1.54) is 6.42 Å². The van der Waals surface area contributed by atoms with Gasteiger partial charge in [0.25, 0.3) is 0 Å². The second-order valence-corrected chi connectivity index (χ2v) is 4.61. The van der Waals surface area contributed by atoms with Crippen LogP contribution in [-0.2, 0) is 4.74 Å². The molecule has 14 heavy (non-hydrogen) atoms. The van der Waals surface area contributed by atoms with Crippen LogP contribution < -0.4 is 5.73 Å². The highest BCUT2D eigenvalue weighted by Gasteiger charge is 2.19. The van der Waals surface area contributed by atoms with Gasteiger partial charge in [-0.25, -0.2) is 0 Å². The fourth-order valence-corrected chi connectivity index (χ4v) is 0.976. The molecule has 0 saturated heterocycles. The standard InChI is InChI=1S/C11H26N2O/c1-11(2,13(3)4)10-14-9-7-5-6-8-12/h5-10,12H2,1-4H3. The van der Waals surface area contributed by atoms with Gasteiger partial charge in [0.1, 0.15) is 0 Å². The molecule has 3 nitrogen and oxygen atoms in total. The monoisotopic (exact) mass is 202 g/mol. The first-order valence-electron chi connectivity index (χ1n) is 5.46. The fourth-order valence-electron chi connectivity index (χ4n) is 0.976. The molecule has 2 N–H and O–H groups in total. The third kappa shape index (κ3) is 6.35. The van der Waals surface area contributed by atoms with Gasteiger partial charge in [0.05, 0.1) is 6.61 Å². The van der Waals surface area contributed by atoms with Crippen molar-refractivity contribution in [1.29, 1.82) is 0 Å². The molecule has 0 aliphatic rings. The van der Waals surface area contributed by atoms with Crippen LogP contribution in [0, 0.1) is 0 Å². The van der Waals surface area contributed by atoms with Crippen molar-refractivity contribution in [2.45, 2.75) is 38.6 Å². The van der Waals surface area contributed by atoms with Crippen LogP contribution in [0.5, 0.6) is 0 Å². The lowest BCUT2D eigenvalue weighted by molar-refractivity contribution is 0.0346. The maximum absolute atomic E-state index is 5.62. The third-order valence-corrected chi connectivity index (χ3v) is 2.66. The molecule has 3 heteroatoms. The van der Waals surface area contributed by atoms with E-state index < -0.39 is 0 Å². The van der Waals surface area contributed by atoms with Crippen molar-refractivity contribution >= 4 is 0 Å². The number of hydrogen-bond acceptors (Lipinski definition) is 3. The van der Waals surface area contributed by atoms with E-state index in [9.17, 15) is 0 Å². The summed E-state index contributed by atoms with van der Waals surface area (Å²) in [7, 11) is 4.16. The van der Waals surface area contributed by atoms with Crippen LogP contribution in [0.1, 0.15) is 33.1 Å². The molecule has 0 aliphatic carbocycles. The van der Waals surface area contributed by atoms with Crippen LogP contribution in [0.15, 0.2) is 0 Å². The molecule has 0 spiro atoms. The Balaban J connectivity index is 3.35. The zero-order chi connectivity index (χ0) is 11.0. The summed E-state index contributed by atoms with van der Waals surface area (Å²) in [5, 5.41) is 0. The number of unbranched alkanes of at least 4 members (excludes halogenated alkanes) is 2. The van der Waals surface area contributed by atoms with Gasteiger partial charge in [-0.3, -0.25) is 0 Å². The normalized spacial score (nSPS) is 12.4. The molecule has 0 heterocycles. The lowest BCUT2D eigenvalue weighted by Crippen LogP contribution is -2.42. The number of rotatable bonds is 8. The average Bonchev–Trinajstić information content (AvgIpc) is 2.10. The minimum absolute atomic E-state index is 0.133. The Hall–Kier alpha value is -0.120. The van der Waals surface area contributed by atoms with E-state index in [1.54, 1.807) is 0 Å². The van der Waals surface area contributed by atoms with Gasteiger partial charge >= 0.3 is 0 Å². The first kappa shape index (κ1) is 13.9. The summed E-state index contributed by atoms with van der Waals surface area (Å²) in [6.45, 7) is 6.82. The molecule has 0 bridgehead atoms. The van der Waals surface area contributed by atoms with Crippen LogP contribution >= 0.6 is 0 Å². The molecular formula is C11H26N2O. The first-order valence-corrected chi connectivity index (χ1v) is 5.46. The lowest BCUT2D eigenvalue weighted by atomic mass is 10.1. The van der Waals surface area contributed by atoms with Crippen LogP contribution in [0.4, 0.5) is 0 Å². The van der Waals surface area contributed by atoms with E-state index in [0.717, 1.165) is 32.6 Å². The van der Waals surface area contributed by atoms with E-state index in [0.29, 0.717) is 0 Å². The van der Waals surface area contributed by atoms with E-state index in [-0.39, 0.29) is 5.54 Å². The summed E-state index contributed by atoms with van der Waals surface area (Å²) in [6, 6.07) is 0. The molecule has 0 rings (SSSR count). The van der Waals surface area contributed by atoms with E-state index in [2.05, 4.69) is 32.8 Å². The molecule has 0 fully saturated rings. The molecule has 0 amide bonds. The zero-order valence-electron chi connectivity index (χ0n) is 10.2. The molecule has 0 aromatic heterocycles. The third-order valence-electron chi connectivity index (χ3n) is 2.66. The number of nitrogens with zero attached hydrogens (tertiary/aromatic N) is 1. The molecule has 0 aromatic rings. The van der Waals surface area contributed by atoms with E-state index in [4.69, 9.17) is 10.5 Å². The van der Waals surface area contributed by atoms with Gasteiger partial charge in [-0.1, -0.05) is 0 Å². The minimum atomic E-state index is 0.133. The summed E-state index contributed by atoms with van der Waals surface area (Å²) in [4.78, 5) is 2.19. The highest BCUT2D eigenvalue weighted by Crippen LogP contribution is 2.10. The van der Waals surface area contributed by atoms with Gasteiger partial charge in [0, 0.05) is 12.1 Å². The Morgan fingerprint density at radius 2 is 1.79 bits per heavy atom. The number of likely N-dealkylation sites (N-methyl/N-ethyl adjacent to an activating group) is 1. The second kappa shape index (κ2) is 7.21. The number of nitrogens with two attached hydrogens (primary N) is 1. The largest absolute Gasteiger partial charge is 0.380 e. The maximum Gasteiger partial charge on any atom is 0.0644 e. The van der Waals surface area contributed by atoms with Gasteiger partial charge in [-0.15, -0.1) is 0 Å². The highest BCUT2D eigenvalue weighted by atomic mass is 16.5. The number of hydrogen-bond donors (Lipinski definition) is 1. The molecule has 0 radical (unpaired) electrons. The van der Waals surface area contributed by atoms with Crippen molar-refractivity contribution in [2.75, 3.05) is 33.9 Å². The maximum atomic E-state index is 5.62. The summed E-state index contributed by atoms with van der Waals surface area (Å²) in [6.07, 6.45) is 3.42. The zero-order valence-corrected chi connectivity index (χ0v) is 10.2. The van der Waals surface area contributed by atoms with Crippen molar-refractivity contribution in [1.82, 2.24) is 4.90 Å². The summed E-state index contributed by atoms with van der Waals surface area (Å²) in [5.41, 5.74) is 5.54. The van der Waals surface area contributed by atoms with Gasteiger partial charge in [0.2, 0.25) is 0 Å². The van der Waals surface area contributed by atoms with Crippen molar-refractivity contribution in [3.8, 4) is 0 Å². The minimum Gasteiger partial charge on any atom is -0.380 e. The molecule has 0 unspecified atom stereocenters. The summed E-state index contributed by atoms with van der Waals surface area (Å²) < 4.78 is 5.62. The summed E-state index contributed by atoms with van der Waals surface area (Å²) >= 11 is 0. The van der Waals surface area contributed by atoms with Crippen molar-refractivity contribution in [3.05, 3.63) is 0 Å². The number of ether oxygens (including phenoxy) is 1. The Kier molecular flexibility index (Phi) is 7.15. The molecule has 86 valence electrons. The first-order chi connectivity index (χ1) is 6.50.